The summed E-state index contributed by atoms with van der Waals surface area (Å²) >= 11 is 0. The topological polar surface area (TPSA) is 32.3 Å². The second kappa shape index (κ2) is 7.00. The van der Waals surface area contributed by atoms with Crippen molar-refractivity contribution >= 4 is 5.91 Å². The number of hydrogen-bond acceptors (Lipinski definition) is 2. The molecule has 0 saturated carbocycles. The summed E-state index contributed by atoms with van der Waals surface area (Å²) in [6.45, 7) is 11.5. The highest BCUT2D eigenvalue weighted by Gasteiger charge is 2.24. The normalized spacial score (nSPS) is 19.4. The zero-order chi connectivity index (χ0) is 12.8. The van der Waals surface area contributed by atoms with Crippen molar-refractivity contribution in [3.63, 3.8) is 0 Å². The van der Waals surface area contributed by atoms with Crippen LogP contribution in [0, 0.1) is 11.8 Å². The van der Waals surface area contributed by atoms with Gasteiger partial charge in [0.1, 0.15) is 0 Å². The monoisotopic (exact) mass is 240 g/mol. The van der Waals surface area contributed by atoms with Crippen molar-refractivity contribution < 1.29 is 4.79 Å². The molecule has 1 atom stereocenters. The quantitative estimate of drug-likeness (QED) is 0.799. The average Bonchev–Trinajstić information content (AvgIpc) is 2.30. The van der Waals surface area contributed by atoms with Crippen LogP contribution >= 0.6 is 0 Å². The summed E-state index contributed by atoms with van der Waals surface area (Å²) < 4.78 is 0. The highest BCUT2D eigenvalue weighted by atomic mass is 16.2. The third-order valence-electron chi connectivity index (χ3n) is 3.97. The molecule has 1 aliphatic heterocycles. The van der Waals surface area contributed by atoms with Crippen LogP contribution in [0.2, 0.25) is 0 Å². The molecule has 3 nitrogen and oxygen atoms in total. The predicted octanol–water partition coefficient (Wildman–Crippen LogP) is 2.27. The van der Waals surface area contributed by atoms with E-state index >= 15 is 0 Å². The molecule has 0 aromatic rings. The molecule has 0 spiro atoms. The average molecular weight is 240 g/mol. The number of nitrogens with zero attached hydrogens (tertiary/aromatic N) is 1. The number of carbonyl (C=O) groups excluding carboxylic acids is 1. The molecule has 0 aliphatic carbocycles. The molecule has 0 aromatic carbocycles. The maximum Gasteiger partial charge on any atom is 0.223 e. The van der Waals surface area contributed by atoms with Gasteiger partial charge in [-0.05, 0) is 58.5 Å². The fourth-order valence-electron chi connectivity index (χ4n) is 2.80. The van der Waals surface area contributed by atoms with Crippen molar-refractivity contribution in [1.82, 2.24) is 10.2 Å². The van der Waals surface area contributed by atoms with E-state index in [4.69, 9.17) is 0 Å². The van der Waals surface area contributed by atoms with Crippen LogP contribution in [-0.4, -0.2) is 36.5 Å². The molecule has 0 bridgehead atoms. The minimum Gasteiger partial charge on any atom is -0.341 e. The van der Waals surface area contributed by atoms with Crippen LogP contribution in [-0.2, 0) is 4.79 Å². The van der Waals surface area contributed by atoms with Gasteiger partial charge in [0, 0.05) is 19.0 Å². The Labute approximate surface area is 106 Å². The Kier molecular flexibility index (Phi) is 5.96. The maximum absolute atomic E-state index is 12.2. The van der Waals surface area contributed by atoms with E-state index in [1.54, 1.807) is 0 Å². The van der Waals surface area contributed by atoms with Gasteiger partial charge in [0.05, 0.1) is 0 Å². The number of carbonyl (C=O) groups is 1. The van der Waals surface area contributed by atoms with Crippen molar-refractivity contribution in [2.24, 2.45) is 11.8 Å². The third-order valence-corrected chi connectivity index (χ3v) is 3.97. The van der Waals surface area contributed by atoms with Crippen LogP contribution < -0.4 is 5.32 Å². The van der Waals surface area contributed by atoms with Gasteiger partial charge < -0.3 is 10.2 Å². The summed E-state index contributed by atoms with van der Waals surface area (Å²) in [6, 6.07) is 0.327. The summed E-state index contributed by atoms with van der Waals surface area (Å²) in [5, 5.41) is 3.38. The Balaban J connectivity index is 2.43. The second-order valence-corrected chi connectivity index (χ2v) is 5.54. The molecule has 1 N–H and O–H groups in total. The molecule has 1 amide bonds. The van der Waals surface area contributed by atoms with E-state index in [1.807, 2.05) is 4.90 Å². The van der Waals surface area contributed by atoms with Crippen LogP contribution in [0.25, 0.3) is 0 Å². The van der Waals surface area contributed by atoms with Crippen molar-refractivity contribution in [3.05, 3.63) is 0 Å². The Bertz CT molecular complexity index is 234. The predicted molar refractivity (Wildman–Crippen MR) is 71.9 cm³/mol. The van der Waals surface area contributed by atoms with Crippen LogP contribution in [0.4, 0.5) is 0 Å². The Morgan fingerprint density at radius 1 is 1.29 bits per heavy atom. The fraction of sp³-hybridized carbons (Fsp3) is 0.929. The highest BCUT2D eigenvalue weighted by molar-refractivity contribution is 5.76. The minimum atomic E-state index is 0.327. The molecule has 17 heavy (non-hydrogen) atoms. The number of piperidine rings is 1. The number of hydrogen-bond donors (Lipinski definition) is 1. The van der Waals surface area contributed by atoms with Crippen molar-refractivity contribution in [2.75, 3.05) is 19.6 Å². The van der Waals surface area contributed by atoms with E-state index in [0.29, 0.717) is 17.9 Å². The first kappa shape index (κ1) is 14.5. The highest BCUT2D eigenvalue weighted by Crippen LogP contribution is 2.25. The zero-order valence-corrected chi connectivity index (χ0v) is 11.8. The van der Waals surface area contributed by atoms with Crippen LogP contribution in [0.5, 0.6) is 0 Å². The van der Waals surface area contributed by atoms with E-state index < -0.39 is 0 Å². The number of amides is 1. The van der Waals surface area contributed by atoms with Crippen LogP contribution in [0.3, 0.4) is 0 Å². The molecule has 1 rings (SSSR count). The maximum atomic E-state index is 12.2. The first-order valence-electron chi connectivity index (χ1n) is 7.06. The summed E-state index contributed by atoms with van der Waals surface area (Å²) in [6.07, 6.45) is 3.17. The van der Waals surface area contributed by atoms with Crippen molar-refractivity contribution in [2.45, 2.75) is 53.0 Å². The van der Waals surface area contributed by atoms with Gasteiger partial charge in [-0.1, -0.05) is 6.92 Å². The molecule has 3 heteroatoms. The number of rotatable bonds is 5. The van der Waals surface area contributed by atoms with Gasteiger partial charge in [-0.3, -0.25) is 4.79 Å². The lowest BCUT2D eigenvalue weighted by Gasteiger charge is -2.31. The Morgan fingerprint density at radius 3 is 2.35 bits per heavy atom. The molecule has 100 valence electrons. The van der Waals surface area contributed by atoms with Gasteiger partial charge in [0.15, 0.2) is 0 Å². The molecular formula is C14H28N2O. The lowest BCUT2D eigenvalue weighted by atomic mass is 9.84. The molecular weight excluding hydrogens is 212 g/mol. The van der Waals surface area contributed by atoms with Crippen LogP contribution in [0.15, 0.2) is 0 Å². The molecule has 0 radical (unpaired) electrons. The van der Waals surface area contributed by atoms with E-state index in [0.717, 1.165) is 32.0 Å². The fourth-order valence-corrected chi connectivity index (χ4v) is 2.80. The van der Waals surface area contributed by atoms with E-state index in [-0.39, 0.29) is 0 Å². The van der Waals surface area contributed by atoms with Gasteiger partial charge in [-0.15, -0.1) is 0 Å². The molecule has 1 unspecified atom stereocenters. The SMILES string of the molecule is CCN(C(=O)CC(C)C1CCNCC1)C(C)C. The van der Waals surface area contributed by atoms with E-state index in [9.17, 15) is 4.79 Å². The van der Waals surface area contributed by atoms with Gasteiger partial charge in [-0.2, -0.15) is 0 Å². The second-order valence-electron chi connectivity index (χ2n) is 5.54. The van der Waals surface area contributed by atoms with Crippen molar-refractivity contribution in [1.29, 1.82) is 0 Å². The van der Waals surface area contributed by atoms with E-state index in [1.165, 1.54) is 12.8 Å². The summed E-state index contributed by atoms with van der Waals surface area (Å²) in [5.41, 5.74) is 0. The molecule has 0 aromatic heterocycles. The molecule has 1 aliphatic rings. The Hall–Kier alpha value is -0.570. The van der Waals surface area contributed by atoms with E-state index in [2.05, 4.69) is 33.0 Å². The lowest BCUT2D eigenvalue weighted by molar-refractivity contribution is -0.134. The van der Waals surface area contributed by atoms with Gasteiger partial charge in [0.2, 0.25) is 5.91 Å². The third kappa shape index (κ3) is 4.30. The van der Waals surface area contributed by atoms with Crippen LogP contribution in [0.1, 0.15) is 47.0 Å². The summed E-state index contributed by atoms with van der Waals surface area (Å²) in [4.78, 5) is 14.2. The van der Waals surface area contributed by atoms with Gasteiger partial charge in [0.25, 0.3) is 0 Å². The number of nitrogens with one attached hydrogen (secondary N) is 1. The smallest absolute Gasteiger partial charge is 0.223 e. The minimum absolute atomic E-state index is 0.327. The summed E-state index contributed by atoms with van der Waals surface area (Å²) in [5.74, 6) is 1.58. The first-order valence-corrected chi connectivity index (χ1v) is 7.06. The van der Waals surface area contributed by atoms with Crippen molar-refractivity contribution in [3.8, 4) is 0 Å². The lowest BCUT2D eigenvalue weighted by Crippen LogP contribution is -2.39. The first-order chi connectivity index (χ1) is 8.06. The van der Waals surface area contributed by atoms with Gasteiger partial charge >= 0.3 is 0 Å². The largest absolute Gasteiger partial charge is 0.341 e. The standard InChI is InChI=1S/C14H28N2O/c1-5-16(11(2)3)14(17)10-12(4)13-6-8-15-9-7-13/h11-13,15H,5-10H2,1-4H3. The van der Waals surface area contributed by atoms with Gasteiger partial charge in [-0.25, -0.2) is 0 Å². The summed E-state index contributed by atoms with van der Waals surface area (Å²) in [7, 11) is 0. The Morgan fingerprint density at radius 2 is 1.88 bits per heavy atom. The molecule has 1 heterocycles. The molecule has 1 saturated heterocycles. The zero-order valence-electron chi connectivity index (χ0n) is 11.8. The molecule has 1 fully saturated rings.